The van der Waals surface area contributed by atoms with Crippen LogP contribution in [0.3, 0.4) is 0 Å². The lowest BCUT2D eigenvalue weighted by Crippen LogP contribution is -2.38. The topological polar surface area (TPSA) is 104 Å². The van der Waals surface area contributed by atoms with E-state index in [0.29, 0.717) is 25.3 Å². The average molecular weight is 427 g/mol. The van der Waals surface area contributed by atoms with Crippen molar-refractivity contribution in [1.82, 2.24) is 15.6 Å². The van der Waals surface area contributed by atoms with E-state index in [4.69, 9.17) is 4.74 Å². The van der Waals surface area contributed by atoms with Crippen LogP contribution in [0, 0.1) is 5.92 Å². The third-order valence-corrected chi connectivity index (χ3v) is 5.78. The molecule has 166 valence electrons. The lowest BCUT2D eigenvalue weighted by Gasteiger charge is -2.31. The third kappa shape index (κ3) is 5.45. The summed E-state index contributed by atoms with van der Waals surface area (Å²) in [5.74, 6) is 0.0659. The van der Waals surface area contributed by atoms with Crippen molar-refractivity contribution in [1.29, 1.82) is 0 Å². The molecular weight excluding hydrogens is 396 g/mol. The van der Waals surface area contributed by atoms with Crippen LogP contribution in [-0.2, 0) is 11.3 Å². The molecule has 2 unspecified atom stereocenters. The van der Waals surface area contributed by atoms with Gasteiger partial charge in [0.15, 0.2) is 0 Å². The van der Waals surface area contributed by atoms with Crippen molar-refractivity contribution < 1.29 is 14.3 Å². The van der Waals surface area contributed by atoms with E-state index in [2.05, 4.69) is 40.4 Å². The van der Waals surface area contributed by atoms with Crippen molar-refractivity contribution in [3.05, 3.63) is 58.0 Å². The monoisotopic (exact) mass is 426 g/mol. The molecule has 0 radical (unpaired) electrons. The molecule has 8 heteroatoms. The van der Waals surface area contributed by atoms with E-state index < -0.39 is 0 Å². The normalized spacial score (nSPS) is 17.5. The second-order valence-electron chi connectivity index (χ2n) is 7.67. The Balaban J connectivity index is 1.53. The van der Waals surface area contributed by atoms with Crippen molar-refractivity contribution in [2.24, 2.45) is 5.92 Å². The van der Waals surface area contributed by atoms with Gasteiger partial charge in [-0.05, 0) is 43.4 Å². The highest BCUT2D eigenvalue weighted by Crippen LogP contribution is 2.40. The summed E-state index contributed by atoms with van der Waals surface area (Å²) < 4.78 is 5.64. The quantitative estimate of drug-likeness (QED) is 0.445. The van der Waals surface area contributed by atoms with Crippen LogP contribution in [0.25, 0.3) is 0 Å². The lowest BCUT2D eigenvalue weighted by atomic mass is 9.83. The molecule has 2 aromatic rings. The molecule has 31 heavy (non-hydrogen) atoms. The molecule has 1 aliphatic heterocycles. The summed E-state index contributed by atoms with van der Waals surface area (Å²) in [7, 11) is 0. The smallest absolute Gasteiger partial charge is 0.315 e. The lowest BCUT2D eigenvalue weighted by molar-refractivity contribution is -0.141. The van der Waals surface area contributed by atoms with Crippen LogP contribution in [0.4, 0.5) is 10.5 Å². The second-order valence-corrected chi connectivity index (χ2v) is 7.67. The number of rotatable bonds is 8. The highest BCUT2D eigenvalue weighted by Gasteiger charge is 2.35. The first-order valence-corrected chi connectivity index (χ1v) is 10.7. The van der Waals surface area contributed by atoms with Crippen molar-refractivity contribution in [2.75, 3.05) is 24.5 Å². The zero-order valence-corrected chi connectivity index (χ0v) is 18.2. The molecule has 3 N–H and O–H groups in total. The van der Waals surface area contributed by atoms with E-state index in [0.717, 1.165) is 29.9 Å². The van der Waals surface area contributed by atoms with Gasteiger partial charge >= 0.3 is 12.0 Å². The maximum atomic E-state index is 12.6. The van der Waals surface area contributed by atoms with Gasteiger partial charge in [0.25, 0.3) is 0 Å². The number of fused-ring (bicyclic) bond motifs is 1. The summed E-state index contributed by atoms with van der Waals surface area (Å²) >= 11 is 0. The molecule has 2 atom stereocenters. The number of carbonyl (C=O) groups excluding carboxylic acids is 2. The Bertz CT molecular complexity index is 963. The number of benzene rings is 1. The zero-order valence-electron chi connectivity index (χ0n) is 18.2. The highest BCUT2D eigenvalue weighted by atomic mass is 16.5. The number of hydrogen-bond donors (Lipinski definition) is 3. The van der Waals surface area contributed by atoms with Gasteiger partial charge in [0.05, 0.1) is 5.92 Å². The van der Waals surface area contributed by atoms with Crippen LogP contribution < -0.4 is 25.8 Å². The highest BCUT2D eigenvalue weighted by molar-refractivity contribution is 5.80. The van der Waals surface area contributed by atoms with Gasteiger partial charge in [0.1, 0.15) is 5.75 Å². The predicted molar refractivity (Wildman–Crippen MR) is 119 cm³/mol. The van der Waals surface area contributed by atoms with Gasteiger partial charge in [-0.2, -0.15) is 0 Å². The number of nitrogens with zero attached hydrogens (tertiary/aromatic N) is 1. The first-order valence-electron chi connectivity index (χ1n) is 10.7. The molecule has 0 saturated heterocycles. The zero-order chi connectivity index (χ0) is 22.4. The summed E-state index contributed by atoms with van der Waals surface area (Å²) in [4.78, 5) is 40.5. The van der Waals surface area contributed by atoms with Crippen molar-refractivity contribution in [3.8, 4) is 5.75 Å². The summed E-state index contributed by atoms with van der Waals surface area (Å²) in [6, 6.07) is 8.79. The Labute approximate surface area is 182 Å². The summed E-state index contributed by atoms with van der Waals surface area (Å²) in [5, 5.41) is 5.51. The van der Waals surface area contributed by atoms with Crippen molar-refractivity contribution in [3.63, 3.8) is 0 Å². The fraction of sp³-hybridized carbons (Fsp3) is 0.435. The largest absolute Gasteiger partial charge is 0.426 e. The Morgan fingerprint density at radius 3 is 2.58 bits per heavy atom. The van der Waals surface area contributed by atoms with Gasteiger partial charge in [0, 0.05) is 50.2 Å². The fourth-order valence-corrected chi connectivity index (χ4v) is 3.88. The molecule has 0 saturated carbocycles. The second kappa shape index (κ2) is 10.1. The minimum absolute atomic E-state index is 0.00741. The van der Waals surface area contributed by atoms with Crippen molar-refractivity contribution in [2.45, 2.75) is 39.7 Å². The van der Waals surface area contributed by atoms with Gasteiger partial charge < -0.3 is 25.3 Å². The van der Waals surface area contributed by atoms with Crippen LogP contribution in [0.5, 0.6) is 5.75 Å². The van der Waals surface area contributed by atoms with Gasteiger partial charge in [-0.3, -0.25) is 9.59 Å². The molecular formula is C23H30N4O4. The maximum Gasteiger partial charge on any atom is 0.315 e. The summed E-state index contributed by atoms with van der Waals surface area (Å²) in [5.41, 5.74) is 2.67. The first-order chi connectivity index (χ1) is 14.9. The standard InChI is InChI=1S/C23H30N4O4/c1-4-27(5-2)17-7-8-18-15(3)19(22(29)31-20(18)12-17)10-11-24-23(30)26-14-16-6-9-21(28)25-13-16/h6-9,12-13,15,19H,4-5,10-11,14H2,1-3H3,(H,25,28)(H2,24,26,30). The number of pyridine rings is 1. The molecule has 1 aromatic carbocycles. The molecule has 2 amide bonds. The van der Waals surface area contributed by atoms with Crippen LogP contribution in [0.1, 0.15) is 44.2 Å². The van der Waals surface area contributed by atoms with E-state index in [1.165, 1.54) is 6.07 Å². The Morgan fingerprint density at radius 1 is 1.13 bits per heavy atom. The molecule has 1 aromatic heterocycles. The molecule has 3 rings (SSSR count). The van der Waals surface area contributed by atoms with Crippen LogP contribution in [0.2, 0.25) is 0 Å². The number of aromatic amines is 1. The first kappa shape index (κ1) is 22.4. The SMILES string of the molecule is CCN(CC)c1ccc2c(c1)OC(=O)C(CCNC(=O)NCc1ccc(=O)[nH]c1)C2C. The number of carbonyl (C=O) groups is 2. The minimum atomic E-state index is -0.327. The van der Waals surface area contributed by atoms with Crippen LogP contribution in [0.15, 0.2) is 41.3 Å². The van der Waals surface area contributed by atoms with E-state index in [1.54, 1.807) is 12.3 Å². The number of nitrogens with one attached hydrogen (secondary N) is 3. The van der Waals surface area contributed by atoms with Gasteiger partial charge in [-0.15, -0.1) is 0 Å². The number of anilines is 1. The van der Waals surface area contributed by atoms with E-state index in [1.807, 2.05) is 19.1 Å². The minimum Gasteiger partial charge on any atom is -0.426 e. The predicted octanol–water partition coefficient (Wildman–Crippen LogP) is 2.75. The molecule has 0 bridgehead atoms. The van der Waals surface area contributed by atoms with Crippen LogP contribution >= 0.6 is 0 Å². The van der Waals surface area contributed by atoms with E-state index in [-0.39, 0.29) is 29.4 Å². The van der Waals surface area contributed by atoms with Gasteiger partial charge in [-0.1, -0.05) is 19.1 Å². The number of amides is 2. The molecule has 2 heterocycles. The fourth-order valence-electron chi connectivity index (χ4n) is 3.88. The number of urea groups is 1. The third-order valence-electron chi connectivity index (χ3n) is 5.78. The summed E-state index contributed by atoms with van der Waals surface area (Å²) in [6.07, 6.45) is 2.05. The Morgan fingerprint density at radius 2 is 1.90 bits per heavy atom. The molecule has 0 fully saturated rings. The van der Waals surface area contributed by atoms with Gasteiger partial charge in [-0.25, -0.2) is 4.79 Å². The summed E-state index contributed by atoms with van der Waals surface area (Å²) in [6.45, 7) is 8.64. The number of aromatic nitrogens is 1. The maximum absolute atomic E-state index is 12.6. The number of hydrogen-bond acceptors (Lipinski definition) is 5. The number of H-pyrrole nitrogens is 1. The van der Waals surface area contributed by atoms with E-state index >= 15 is 0 Å². The van der Waals surface area contributed by atoms with Crippen LogP contribution in [-0.4, -0.2) is 36.6 Å². The average Bonchev–Trinajstić information content (AvgIpc) is 2.76. The van der Waals surface area contributed by atoms with E-state index in [9.17, 15) is 14.4 Å². The molecule has 0 spiro atoms. The number of ether oxygens (including phenoxy) is 1. The number of esters is 1. The van der Waals surface area contributed by atoms with Crippen molar-refractivity contribution >= 4 is 17.7 Å². The Kier molecular flexibility index (Phi) is 7.33. The molecule has 1 aliphatic rings. The van der Waals surface area contributed by atoms with Gasteiger partial charge in [0.2, 0.25) is 5.56 Å². The molecule has 8 nitrogen and oxygen atoms in total. The molecule has 0 aliphatic carbocycles. The Hall–Kier alpha value is -3.29.